The fraction of sp³-hybridized carbons (Fsp3) is 0.269. The first-order valence-corrected chi connectivity index (χ1v) is 11.0. The zero-order valence-corrected chi connectivity index (χ0v) is 18.6. The average molecular weight is 437 g/mol. The standard InChI is InChI=1S/C26H24N6O/c1-26(2,16-27)25-11-19(9-10-29-25)22-14-28-15-23(31-22)24-12-21(32-33-24)18-5-3-17(4-6-18)13-30-20-7-8-20/h3-6,9-12,14-15,20,30H,7-8,13H2,1-2H3. The molecule has 0 saturated heterocycles. The Morgan fingerprint density at radius 2 is 1.82 bits per heavy atom. The predicted molar refractivity (Wildman–Crippen MR) is 125 cm³/mol. The number of hydrogen-bond acceptors (Lipinski definition) is 7. The zero-order valence-electron chi connectivity index (χ0n) is 18.6. The van der Waals surface area contributed by atoms with Gasteiger partial charge in [0.05, 0.1) is 35.3 Å². The maximum Gasteiger partial charge on any atom is 0.187 e. The van der Waals surface area contributed by atoms with E-state index in [1.165, 1.54) is 18.4 Å². The van der Waals surface area contributed by atoms with Gasteiger partial charge in [-0.3, -0.25) is 9.97 Å². The van der Waals surface area contributed by atoms with Crippen LogP contribution in [0.15, 0.2) is 65.6 Å². The number of nitrogens with zero attached hydrogens (tertiary/aromatic N) is 5. The Kier molecular flexibility index (Phi) is 5.45. The third kappa shape index (κ3) is 4.66. The van der Waals surface area contributed by atoms with Crippen molar-refractivity contribution in [2.24, 2.45) is 0 Å². The van der Waals surface area contributed by atoms with Crippen LogP contribution in [0.5, 0.6) is 0 Å². The first kappa shape index (κ1) is 21.0. The lowest BCUT2D eigenvalue weighted by atomic mass is 9.90. The topological polar surface area (TPSA) is 101 Å². The van der Waals surface area contributed by atoms with Gasteiger partial charge >= 0.3 is 0 Å². The molecule has 3 aromatic heterocycles. The van der Waals surface area contributed by atoms with Crippen LogP contribution in [0.2, 0.25) is 0 Å². The fourth-order valence-electron chi connectivity index (χ4n) is 3.49. The Hall–Kier alpha value is -3.89. The van der Waals surface area contributed by atoms with Crippen LogP contribution < -0.4 is 5.32 Å². The summed E-state index contributed by atoms with van der Waals surface area (Å²) in [5.74, 6) is 0.547. The molecule has 3 heterocycles. The first-order chi connectivity index (χ1) is 16.0. The van der Waals surface area contributed by atoms with E-state index < -0.39 is 5.41 Å². The summed E-state index contributed by atoms with van der Waals surface area (Å²) < 4.78 is 5.59. The van der Waals surface area contributed by atoms with Gasteiger partial charge in [0.15, 0.2) is 5.76 Å². The molecule has 5 rings (SSSR count). The molecule has 4 aromatic rings. The van der Waals surface area contributed by atoms with Gasteiger partial charge < -0.3 is 9.84 Å². The molecule has 1 aliphatic rings. The third-order valence-electron chi connectivity index (χ3n) is 5.79. The number of benzene rings is 1. The minimum Gasteiger partial charge on any atom is -0.354 e. The SMILES string of the molecule is CC(C)(C#N)c1cc(-c2cncc(-c3cc(-c4ccc(CNC5CC5)cc4)no3)n2)ccn1. The van der Waals surface area contributed by atoms with Crippen LogP contribution in [-0.2, 0) is 12.0 Å². The van der Waals surface area contributed by atoms with Gasteiger partial charge in [0.2, 0.25) is 0 Å². The number of pyridine rings is 1. The second-order valence-corrected chi connectivity index (χ2v) is 8.88. The molecular formula is C26H24N6O. The Balaban J connectivity index is 1.37. The van der Waals surface area contributed by atoms with Gasteiger partial charge in [0.25, 0.3) is 0 Å². The normalized spacial score (nSPS) is 13.6. The van der Waals surface area contributed by atoms with Crippen molar-refractivity contribution < 1.29 is 4.52 Å². The minimum absolute atomic E-state index is 0.547. The zero-order chi connectivity index (χ0) is 22.8. The molecule has 1 fully saturated rings. The number of nitrogens with one attached hydrogen (secondary N) is 1. The van der Waals surface area contributed by atoms with Crippen molar-refractivity contribution in [1.82, 2.24) is 25.4 Å². The summed E-state index contributed by atoms with van der Waals surface area (Å²) in [7, 11) is 0. The molecule has 0 unspecified atom stereocenters. The Bertz CT molecular complexity index is 1320. The highest BCUT2D eigenvalue weighted by atomic mass is 16.5. The fourth-order valence-corrected chi connectivity index (χ4v) is 3.49. The quantitative estimate of drug-likeness (QED) is 0.439. The number of hydrogen-bond donors (Lipinski definition) is 1. The minimum atomic E-state index is -0.690. The molecule has 1 aliphatic carbocycles. The number of nitriles is 1. The van der Waals surface area contributed by atoms with Gasteiger partial charge in [-0.05, 0) is 44.4 Å². The molecule has 1 saturated carbocycles. The van der Waals surface area contributed by atoms with E-state index in [2.05, 4.69) is 50.8 Å². The molecule has 33 heavy (non-hydrogen) atoms. The van der Waals surface area contributed by atoms with Crippen LogP contribution in [0.25, 0.3) is 34.0 Å². The Labute approximate surface area is 192 Å². The summed E-state index contributed by atoms with van der Waals surface area (Å²) in [6.45, 7) is 4.57. The van der Waals surface area contributed by atoms with E-state index in [4.69, 9.17) is 9.51 Å². The second kappa shape index (κ2) is 8.57. The van der Waals surface area contributed by atoms with E-state index in [1.54, 1.807) is 18.6 Å². The highest BCUT2D eigenvalue weighted by molar-refractivity contribution is 5.67. The van der Waals surface area contributed by atoms with Crippen molar-refractivity contribution in [3.05, 3.63) is 72.3 Å². The number of rotatable bonds is 7. The van der Waals surface area contributed by atoms with E-state index in [9.17, 15) is 5.26 Å². The van der Waals surface area contributed by atoms with Crippen LogP contribution >= 0.6 is 0 Å². The van der Waals surface area contributed by atoms with Crippen LogP contribution in [0.3, 0.4) is 0 Å². The third-order valence-corrected chi connectivity index (χ3v) is 5.79. The van der Waals surface area contributed by atoms with Gasteiger partial charge in [-0.1, -0.05) is 29.4 Å². The average Bonchev–Trinajstić information content (AvgIpc) is 3.56. The van der Waals surface area contributed by atoms with E-state index in [0.29, 0.717) is 28.9 Å². The van der Waals surface area contributed by atoms with Gasteiger partial charge in [-0.2, -0.15) is 5.26 Å². The molecule has 0 atom stereocenters. The lowest BCUT2D eigenvalue weighted by Crippen LogP contribution is -2.15. The molecule has 7 nitrogen and oxygen atoms in total. The molecule has 164 valence electrons. The van der Waals surface area contributed by atoms with Crippen molar-refractivity contribution in [2.45, 2.75) is 44.7 Å². The summed E-state index contributed by atoms with van der Waals surface area (Å²) in [4.78, 5) is 13.4. The summed E-state index contributed by atoms with van der Waals surface area (Å²) in [5, 5.41) is 17.2. The van der Waals surface area contributed by atoms with Crippen molar-refractivity contribution in [3.63, 3.8) is 0 Å². The second-order valence-electron chi connectivity index (χ2n) is 8.88. The van der Waals surface area contributed by atoms with E-state index in [-0.39, 0.29) is 0 Å². The molecular weight excluding hydrogens is 412 g/mol. The smallest absolute Gasteiger partial charge is 0.187 e. The summed E-state index contributed by atoms with van der Waals surface area (Å²) in [6, 6.07) is 16.9. The summed E-state index contributed by atoms with van der Waals surface area (Å²) in [6.07, 6.45) is 7.60. The van der Waals surface area contributed by atoms with Crippen LogP contribution in [0.4, 0.5) is 0 Å². The lowest BCUT2D eigenvalue weighted by molar-refractivity contribution is 0.433. The molecule has 0 aliphatic heterocycles. The van der Waals surface area contributed by atoms with E-state index in [1.807, 2.05) is 32.0 Å². The lowest BCUT2D eigenvalue weighted by Gasteiger charge is -2.15. The van der Waals surface area contributed by atoms with Crippen molar-refractivity contribution in [2.75, 3.05) is 0 Å². The molecule has 1 aromatic carbocycles. The Morgan fingerprint density at radius 1 is 1.03 bits per heavy atom. The maximum absolute atomic E-state index is 9.42. The van der Waals surface area contributed by atoms with E-state index in [0.717, 1.165) is 23.4 Å². The van der Waals surface area contributed by atoms with Gasteiger partial charge in [0.1, 0.15) is 11.4 Å². The maximum atomic E-state index is 9.42. The van der Waals surface area contributed by atoms with Crippen molar-refractivity contribution >= 4 is 0 Å². The Morgan fingerprint density at radius 3 is 2.58 bits per heavy atom. The molecule has 1 N–H and O–H groups in total. The van der Waals surface area contributed by atoms with Crippen molar-refractivity contribution in [1.29, 1.82) is 5.26 Å². The van der Waals surface area contributed by atoms with Gasteiger partial charge in [-0.25, -0.2) is 4.98 Å². The van der Waals surface area contributed by atoms with Gasteiger partial charge in [0, 0.05) is 36.0 Å². The molecule has 0 amide bonds. The molecule has 7 heteroatoms. The first-order valence-electron chi connectivity index (χ1n) is 11.0. The van der Waals surface area contributed by atoms with Crippen LogP contribution in [0.1, 0.15) is 37.9 Å². The predicted octanol–water partition coefficient (Wildman–Crippen LogP) is 4.91. The summed E-state index contributed by atoms with van der Waals surface area (Å²) in [5.41, 5.74) is 5.10. The largest absolute Gasteiger partial charge is 0.354 e. The molecule has 0 radical (unpaired) electrons. The highest BCUT2D eigenvalue weighted by Crippen LogP contribution is 2.28. The monoisotopic (exact) mass is 436 g/mol. The number of aromatic nitrogens is 4. The molecule has 0 bridgehead atoms. The van der Waals surface area contributed by atoms with Gasteiger partial charge in [-0.15, -0.1) is 0 Å². The molecule has 0 spiro atoms. The van der Waals surface area contributed by atoms with Crippen LogP contribution in [-0.4, -0.2) is 26.2 Å². The summed E-state index contributed by atoms with van der Waals surface area (Å²) >= 11 is 0. The van der Waals surface area contributed by atoms with Crippen LogP contribution in [0, 0.1) is 11.3 Å². The highest BCUT2D eigenvalue weighted by Gasteiger charge is 2.22. The van der Waals surface area contributed by atoms with Crippen molar-refractivity contribution in [3.8, 4) is 40.0 Å². The van der Waals surface area contributed by atoms with E-state index >= 15 is 0 Å².